The average Bonchev–Trinajstić information content (AvgIpc) is 2.78. The Morgan fingerprint density at radius 3 is 2.76 bits per heavy atom. The maximum atomic E-state index is 9.29. The zero-order chi connectivity index (χ0) is 24.2. The van der Waals surface area contributed by atoms with Crippen LogP contribution in [0, 0.1) is 11.8 Å². The van der Waals surface area contributed by atoms with Crippen molar-refractivity contribution >= 4 is 41.7 Å². The van der Waals surface area contributed by atoms with Gasteiger partial charge in [-0.3, -0.25) is 9.98 Å². The molecule has 4 rings (SSSR count). The first-order valence-electron chi connectivity index (χ1n) is 12.0. The number of guanidine groups is 1. The number of benzene rings is 1. The van der Waals surface area contributed by atoms with Crippen molar-refractivity contribution in [3.8, 4) is 0 Å². The lowest BCUT2D eigenvalue weighted by molar-refractivity contribution is 0.0535. The molecule has 0 radical (unpaired) electrons. The molecule has 2 fully saturated rings. The highest BCUT2D eigenvalue weighted by atomic mass is 35.5. The molecule has 0 aromatic heterocycles. The van der Waals surface area contributed by atoms with E-state index in [-0.39, 0.29) is 24.7 Å². The fourth-order valence-electron chi connectivity index (χ4n) is 5.16. The summed E-state index contributed by atoms with van der Waals surface area (Å²) < 4.78 is 0. The fraction of sp³-hybridized carbons (Fsp3) is 0.560. The Kier molecular flexibility index (Phi) is 8.30. The second kappa shape index (κ2) is 11.2. The summed E-state index contributed by atoms with van der Waals surface area (Å²) >= 11 is 12.5. The molecular weight excluding hydrogens is 471 g/mol. The Labute approximate surface area is 212 Å². The maximum Gasteiger partial charge on any atom is 0.200 e. The molecule has 3 aliphatic rings. The van der Waals surface area contributed by atoms with Gasteiger partial charge in [0.2, 0.25) is 0 Å². The molecule has 7 nitrogen and oxygen atoms in total. The van der Waals surface area contributed by atoms with E-state index in [4.69, 9.17) is 33.2 Å². The summed E-state index contributed by atoms with van der Waals surface area (Å²) in [5.41, 5.74) is 0.899. The van der Waals surface area contributed by atoms with Crippen molar-refractivity contribution in [3.63, 3.8) is 0 Å². The zero-order valence-electron chi connectivity index (χ0n) is 19.7. The number of aliphatic hydroxyl groups is 1. The van der Waals surface area contributed by atoms with Crippen LogP contribution in [-0.4, -0.2) is 84.8 Å². The third-order valence-corrected chi connectivity index (χ3v) is 7.69. The molecule has 34 heavy (non-hydrogen) atoms. The molecule has 0 amide bonds. The predicted molar refractivity (Wildman–Crippen MR) is 142 cm³/mol. The summed E-state index contributed by atoms with van der Waals surface area (Å²) in [6, 6.07) is 4.72. The molecule has 2 saturated heterocycles. The first kappa shape index (κ1) is 25.2. The molecular formula is C25H34Cl2N6O. The molecule has 4 atom stereocenters. The van der Waals surface area contributed by atoms with E-state index < -0.39 is 0 Å². The third-order valence-electron chi connectivity index (χ3n) is 7.13. The molecule has 9 heteroatoms. The minimum atomic E-state index is -0.322. The number of likely N-dealkylation sites (tertiary alicyclic amines) is 2. The van der Waals surface area contributed by atoms with E-state index in [1.54, 1.807) is 12.1 Å². The van der Waals surface area contributed by atoms with Gasteiger partial charge in [0.15, 0.2) is 5.96 Å². The highest BCUT2D eigenvalue weighted by molar-refractivity contribution is 6.35. The Morgan fingerprint density at radius 2 is 2.09 bits per heavy atom. The summed E-state index contributed by atoms with van der Waals surface area (Å²) in [5.74, 6) is 2.84. The van der Waals surface area contributed by atoms with E-state index in [1.807, 2.05) is 19.1 Å². The third kappa shape index (κ3) is 5.48. The molecule has 1 aromatic rings. The van der Waals surface area contributed by atoms with Crippen LogP contribution in [0.15, 0.2) is 45.8 Å². The SMILES string of the molecule is C=CC1N=C(N2CC(C3CCCN(CCO)C3)C2)NC(=NC(C)c2ccc(Cl)cc2Cl)C1N=C. The Balaban J connectivity index is 1.47. The van der Waals surface area contributed by atoms with Gasteiger partial charge in [0.1, 0.15) is 17.9 Å². The number of rotatable bonds is 7. The van der Waals surface area contributed by atoms with Crippen LogP contribution >= 0.6 is 23.2 Å². The smallest absolute Gasteiger partial charge is 0.200 e. The first-order chi connectivity index (χ1) is 16.4. The van der Waals surface area contributed by atoms with E-state index in [0.717, 1.165) is 50.1 Å². The fourth-order valence-corrected chi connectivity index (χ4v) is 5.73. The van der Waals surface area contributed by atoms with Crippen molar-refractivity contribution in [1.29, 1.82) is 0 Å². The molecule has 0 aliphatic carbocycles. The monoisotopic (exact) mass is 504 g/mol. The standard InChI is InChI=1S/C25H34Cl2N6O/c1-4-22-23(28-3)24(29-16(2)20-8-7-19(26)12-21(20)27)31-25(30-22)33-14-18(15-33)17-6-5-9-32(13-17)10-11-34/h4,7-8,12,16-18,22-23,34H,1,3,5-6,9-11,13-15H2,2H3,(H,29,30,31). The summed E-state index contributed by atoms with van der Waals surface area (Å²) in [6.07, 6.45) is 4.26. The highest BCUT2D eigenvalue weighted by Crippen LogP contribution is 2.32. The van der Waals surface area contributed by atoms with Crippen LogP contribution in [-0.2, 0) is 0 Å². The van der Waals surface area contributed by atoms with E-state index in [2.05, 4.69) is 33.4 Å². The van der Waals surface area contributed by atoms with E-state index in [1.165, 1.54) is 12.8 Å². The Bertz CT molecular complexity index is 959. The van der Waals surface area contributed by atoms with E-state index >= 15 is 0 Å². The number of β-amino-alcohol motifs (C(OH)–C–C–N with tert-alkyl or cyclic N) is 1. The van der Waals surface area contributed by atoms with Gasteiger partial charge in [-0.15, -0.1) is 6.58 Å². The van der Waals surface area contributed by atoms with Crippen LogP contribution in [0.1, 0.15) is 31.4 Å². The quantitative estimate of drug-likeness (QED) is 0.438. The van der Waals surface area contributed by atoms with Gasteiger partial charge >= 0.3 is 0 Å². The lowest BCUT2D eigenvalue weighted by atomic mass is 9.80. The van der Waals surface area contributed by atoms with Crippen molar-refractivity contribution in [2.75, 3.05) is 39.3 Å². The van der Waals surface area contributed by atoms with Crippen LogP contribution < -0.4 is 5.32 Å². The molecule has 1 aromatic carbocycles. The average molecular weight is 505 g/mol. The molecule has 0 bridgehead atoms. The number of nitrogens with one attached hydrogen (secondary N) is 1. The van der Waals surface area contributed by atoms with Gasteiger partial charge in [0.05, 0.1) is 12.6 Å². The zero-order valence-corrected chi connectivity index (χ0v) is 21.2. The number of hydrogen-bond acceptors (Lipinski definition) is 6. The van der Waals surface area contributed by atoms with Crippen LogP contribution in [0.3, 0.4) is 0 Å². The van der Waals surface area contributed by atoms with Gasteiger partial charge in [-0.05, 0) is 62.6 Å². The van der Waals surface area contributed by atoms with Crippen LogP contribution in [0.2, 0.25) is 10.0 Å². The van der Waals surface area contributed by atoms with Gasteiger partial charge in [0.25, 0.3) is 0 Å². The van der Waals surface area contributed by atoms with Gasteiger partial charge in [-0.1, -0.05) is 35.3 Å². The lowest BCUT2D eigenvalue weighted by Gasteiger charge is -2.48. The second-order valence-corrected chi connectivity index (χ2v) is 10.2. The number of hydrogen-bond donors (Lipinski definition) is 2. The number of halogens is 2. The van der Waals surface area contributed by atoms with Crippen LogP contribution in [0.5, 0.6) is 0 Å². The minimum Gasteiger partial charge on any atom is -0.395 e. The largest absolute Gasteiger partial charge is 0.395 e. The number of nitrogens with zero attached hydrogens (tertiary/aromatic N) is 5. The van der Waals surface area contributed by atoms with Gasteiger partial charge in [-0.2, -0.15) is 0 Å². The van der Waals surface area contributed by atoms with E-state index in [0.29, 0.717) is 21.9 Å². The number of amidine groups is 1. The van der Waals surface area contributed by atoms with Gasteiger partial charge in [0, 0.05) is 36.2 Å². The lowest BCUT2D eigenvalue weighted by Crippen LogP contribution is -2.62. The Hall–Kier alpha value is -1.93. The van der Waals surface area contributed by atoms with Crippen molar-refractivity contribution in [3.05, 3.63) is 46.5 Å². The topological polar surface area (TPSA) is 75.8 Å². The number of aliphatic imine (C=N–C) groups is 3. The van der Waals surface area contributed by atoms with Gasteiger partial charge < -0.3 is 20.2 Å². The first-order valence-corrected chi connectivity index (χ1v) is 12.7. The number of piperidine rings is 1. The summed E-state index contributed by atoms with van der Waals surface area (Å²) in [6.45, 7) is 14.8. The molecule has 2 N–H and O–H groups in total. The van der Waals surface area contributed by atoms with Crippen LogP contribution in [0.25, 0.3) is 0 Å². The molecule has 0 spiro atoms. The summed E-state index contributed by atoms with van der Waals surface area (Å²) in [5, 5.41) is 13.9. The Morgan fingerprint density at radius 1 is 1.29 bits per heavy atom. The molecule has 0 saturated carbocycles. The molecule has 3 aliphatic heterocycles. The molecule has 184 valence electrons. The van der Waals surface area contributed by atoms with Crippen molar-refractivity contribution in [2.24, 2.45) is 26.8 Å². The van der Waals surface area contributed by atoms with Gasteiger partial charge in [-0.25, -0.2) is 4.99 Å². The highest BCUT2D eigenvalue weighted by Gasteiger charge is 2.40. The minimum absolute atomic E-state index is 0.190. The second-order valence-electron chi connectivity index (χ2n) is 9.38. The predicted octanol–water partition coefficient (Wildman–Crippen LogP) is 3.67. The molecule has 4 unspecified atom stereocenters. The summed E-state index contributed by atoms with van der Waals surface area (Å²) in [4.78, 5) is 18.8. The maximum absolute atomic E-state index is 9.29. The van der Waals surface area contributed by atoms with Crippen LogP contribution in [0.4, 0.5) is 0 Å². The number of aliphatic hydroxyl groups excluding tert-OH is 1. The van der Waals surface area contributed by atoms with Crippen molar-refractivity contribution in [2.45, 2.75) is 37.9 Å². The van der Waals surface area contributed by atoms with Crippen molar-refractivity contribution < 1.29 is 5.11 Å². The normalized spacial score (nSPS) is 28.1. The molecule has 3 heterocycles. The van der Waals surface area contributed by atoms with E-state index in [9.17, 15) is 5.11 Å². The summed E-state index contributed by atoms with van der Waals surface area (Å²) in [7, 11) is 0. The van der Waals surface area contributed by atoms with Crippen molar-refractivity contribution in [1.82, 2.24) is 15.1 Å².